The molecule has 1 atom stereocenters. The Bertz CT molecular complexity index is 1320. The lowest BCUT2D eigenvalue weighted by atomic mass is 9.87. The lowest BCUT2D eigenvalue weighted by molar-refractivity contribution is -0.142. The van der Waals surface area contributed by atoms with Crippen molar-refractivity contribution in [1.82, 2.24) is 4.90 Å². The van der Waals surface area contributed by atoms with E-state index in [-0.39, 0.29) is 35.2 Å². The highest BCUT2D eigenvalue weighted by molar-refractivity contribution is 7.89. The molecular formula is C27H31N3O7S. The van der Waals surface area contributed by atoms with E-state index in [0.29, 0.717) is 12.1 Å². The molecule has 0 spiro atoms. The van der Waals surface area contributed by atoms with E-state index in [4.69, 9.17) is 9.88 Å². The summed E-state index contributed by atoms with van der Waals surface area (Å²) >= 11 is 0. The Morgan fingerprint density at radius 2 is 1.63 bits per heavy atom. The van der Waals surface area contributed by atoms with Gasteiger partial charge in [-0.1, -0.05) is 31.4 Å². The van der Waals surface area contributed by atoms with Crippen LogP contribution in [0.15, 0.2) is 53.4 Å². The van der Waals surface area contributed by atoms with Crippen LogP contribution in [-0.4, -0.2) is 56.7 Å². The maximum atomic E-state index is 13.6. The first-order chi connectivity index (χ1) is 18.1. The van der Waals surface area contributed by atoms with Gasteiger partial charge >= 0.3 is 5.97 Å². The molecule has 2 N–H and O–H groups in total. The summed E-state index contributed by atoms with van der Waals surface area (Å²) in [5.74, 6) is -1.79. The van der Waals surface area contributed by atoms with Crippen molar-refractivity contribution in [3.8, 4) is 0 Å². The van der Waals surface area contributed by atoms with Gasteiger partial charge in [0.25, 0.3) is 5.91 Å². The largest absolute Gasteiger partial charge is 0.465 e. The number of amides is 3. The van der Waals surface area contributed by atoms with Crippen molar-refractivity contribution in [3.05, 3.63) is 59.7 Å². The number of methoxy groups -OCH3 is 1. The normalized spacial score (nSPS) is 18.5. The molecule has 2 aromatic rings. The Hall–Kier alpha value is -3.57. The first kappa shape index (κ1) is 27.5. The third-order valence-electron chi connectivity index (χ3n) is 7.18. The zero-order valence-corrected chi connectivity index (χ0v) is 22.0. The average molecular weight is 542 g/mol. The van der Waals surface area contributed by atoms with Crippen molar-refractivity contribution in [1.29, 1.82) is 0 Å². The summed E-state index contributed by atoms with van der Waals surface area (Å²) in [7, 11) is -2.56. The second kappa shape index (κ2) is 11.4. The van der Waals surface area contributed by atoms with E-state index in [1.54, 1.807) is 12.1 Å². The number of esters is 1. The van der Waals surface area contributed by atoms with Crippen LogP contribution >= 0.6 is 0 Å². The summed E-state index contributed by atoms with van der Waals surface area (Å²) in [6.45, 7) is 0.197. The van der Waals surface area contributed by atoms with Gasteiger partial charge in [-0.15, -0.1) is 0 Å². The number of nitrogens with zero attached hydrogens (tertiary/aromatic N) is 2. The number of benzene rings is 2. The smallest absolute Gasteiger partial charge is 0.337 e. The Kier molecular flexibility index (Phi) is 8.27. The predicted octanol–water partition coefficient (Wildman–Crippen LogP) is 2.40. The molecule has 1 unspecified atom stereocenters. The maximum Gasteiger partial charge on any atom is 0.337 e. The SMILES string of the molecule is COC(=O)c1ccc(N2C(=O)CC(N(CCc3ccc(S(N)(=O)=O)cc3)C(=O)C3CCCCC3)C2=O)cc1. The molecular weight excluding hydrogens is 510 g/mol. The number of rotatable bonds is 8. The number of carbonyl (C=O) groups excluding carboxylic acids is 4. The van der Waals surface area contributed by atoms with Crippen LogP contribution in [0.3, 0.4) is 0 Å². The molecule has 2 aliphatic rings. The summed E-state index contributed by atoms with van der Waals surface area (Å²) in [5.41, 5.74) is 1.37. The van der Waals surface area contributed by atoms with E-state index in [0.717, 1.165) is 42.6 Å². The molecule has 0 aromatic heterocycles. The number of hydrogen-bond acceptors (Lipinski definition) is 7. The van der Waals surface area contributed by atoms with Gasteiger partial charge in [0.1, 0.15) is 6.04 Å². The molecule has 4 rings (SSSR count). The fourth-order valence-corrected chi connectivity index (χ4v) is 5.61. The van der Waals surface area contributed by atoms with E-state index in [1.165, 1.54) is 48.4 Å². The molecule has 0 radical (unpaired) electrons. The van der Waals surface area contributed by atoms with E-state index >= 15 is 0 Å². The van der Waals surface area contributed by atoms with Gasteiger partial charge < -0.3 is 9.64 Å². The second-order valence-electron chi connectivity index (χ2n) is 9.63. The quantitative estimate of drug-likeness (QED) is 0.399. The third kappa shape index (κ3) is 5.94. The Labute approximate surface area is 221 Å². The number of carbonyl (C=O) groups is 4. The zero-order valence-electron chi connectivity index (χ0n) is 21.2. The van der Waals surface area contributed by atoms with Crippen molar-refractivity contribution in [2.24, 2.45) is 11.1 Å². The topological polar surface area (TPSA) is 144 Å². The van der Waals surface area contributed by atoms with Crippen molar-refractivity contribution >= 4 is 39.4 Å². The van der Waals surface area contributed by atoms with Crippen molar-refractivity contribution < 1.29 is 32.3 Å². The minimum Gasteiger partial charge on any atom is -0.465 e. The second-order valence-corrected chi connectivity index (χ2v) is 11.2. The van der Waals surface area contributed by atoms with E-state index in [9.17, 15) is 27.6 Å². The van der Waals surface area contributed by atoms with Crippen LogP contribution in [-0.2, 0) is 35.6 Å². The highest BCUT2D eigenvalue weighted by Crippen LogP contribution is 2.31. The third-order valence-corrected chi connectivity index (χ3v) is 8.11. The molecule has 1 aliphatic heterocycles. The van der Waals surface area contributed by atoms with Gasteiger partial charge in [0.05, 0.1) is 29.7 Å². The van der Waals surface area contributed by atoms with Crippen LogP contribution in [0.4, 0.5) is 5.69 Å². The zero-order chi connectivity index (χ0) is 27.4. The fourth-order valence-electron chi connectivity index (χ4n) is 5.09. The number of ether oxygens (including phenoxy) is 1. The van der Waals surface area contributed by atoms with Crippen LogP contribution in [0, 0.1) is 5.92 Å². The average Bonchev–Trinajstić information content (AvgIpc) is 3.21. The van der Waals surface area contributed by atoms with Gasteiger partial charge in [-0.05, 0) is 61.2 Å². The number of imide groups is 1. The number of primary sulfonamides is 1. The van der Waals surface area contributed by atoms with Gasteiger partial charge in [0.2, 0.25) is 21.8 Å². The molecule has 1 saturated carbocycles. The highest BCUT2D eigenvalue weighted by atomic mass is 32.2. The molecule has 3 amide bonds. The van der Waals surface area contributed by atoms with E-state index in [1.807, 2.05) is 0 Å². The van der Waals surface area contributed by atoms with Crippen LogP contribution < -0.4 is 10.0 Å². The molecule has 11 heteroatoms. The van der Waals surface area contributed by atoms with Gasteiger partial charge in [-0.25, -0.2) is 23.3 Å². The van der Waals surface area contributed by atoms with E-state index in [2.05, 4.69) is 0 Å². The standard InChI is InChI=1S/C27H31N3O7S/c1-37-27(34)20-9-11-21(12-10-20)30-24(31)17-23(26(30)33)29(25(32)19-5-3-2-4-6-19)16-15-18-7-13-22(14-8-18)38(28,35)36/h7-14,19,23H,2-6,15-17H2,1H3,(H2,28,35,36). The van der Waals surface area contributed by atoms with Crippen LogP contribution in [0.25, 0.3) is 0 Å². The Morgan fingerprint density at radius 3 is 2.21 bits per heavy atom. The van der Waals surface area contributed by atoms with E-state index < -0.39 is 33.8 Å². The number of nitrogens with two attached hydrogens (primary N) is 1. The monoisotopic (exact) mass is 541 g/mol. The molecule has 38 heavy (non-hydrogen) atoms. The predicted molar refractivity (Wildman–Crippen MR) is 138 cm³/mol. The van der Waals surface area contributed by atoms with Crippen molar-refractivity contribution in [2.75, 3.05) is 18.6 Å². The molecule has 2 fully saturated rings. The van der Waals surface area contributed by atoms with Crippen LogP contribution in [0.2, 0.25) is 0 Å². The number of anilines is 1. The van der Waals surface area contributed by atoms with Crippen LogP contribution in [0.1, 0.15) is 54.4 Å². The van der Waals surface area contributed by atoms with Gasteiger partial charge in [0.15, 0.2) is 0 Å². The lowest BCUT2D eigenvalue weighted by Gasteiger charge is -2.32. The highest BCUT2D eigenvalue weighted by Gasteiger charge is 2.45. The summed E-state index contributed by atoms with van der Waals surface area (Å²) in [5, 5.41) is 5.18. The summed E-state index contributed by atoms with van der Waals surface area (Å²) in [6.07, 6.45) is 4.66. The first-order valence-corrected chi connectivity index (χ1v) is 14.1. The van der Waals surface area contributed by atoms with Gasteiger partial charge in [0, 0.05) is 12.5 Å². The first-order valence-electron chi connectivity index (χ1n) is 12.6. The molecule has 1 aliphatic carbocycles. The van der Waals surface area contributed by atoms with Crippen molar-refractivity contribution in [3.63, 3.8) is 0 Å². The Morgan fingerprint density at radius 1 is 1.00 bits per heavy atom. The molecule has 1 saturated heterocycles. The Balaban J connectivity index is 1.56. The summed E-state index contributed by atoms with van der Waals surface area (Å²) < 4.78 is 27.8. The molecule has 10 nitrogen and oxygen atoms in total. The lowest BCUT2D eigenvalue weighted by Crippen LogP contribution is -2.48. The molecule has 2 aromatic carbocycles. The fraction of sp³-hybridized carbons (Fsp3) is 0.407. The maximum absolute atomic E-state index is 13.6. The molecule has 1 heterocycles. The minimum atomic E-state index is -3.82. The summed E-state index contributed by atoms with van der Waals surface area (Å²) in [4.78, 5) is 54.5. The van der Waals surface area contributed by atoms with Gasteiger partial charge in [-0.3, -0.25) is 14.4 Å². The van der Waals surface area contributed by atoms with Crippen molar-refractivity contribution in [2.45, 2.75) is 55.9 Å². The molecule has 202 valence electrons. The number of hydrogen-bond donors (Lipinski definition) is 1. The molecule has 0 bridgehead atoms. The minimum absolute atomic E-state index is 0.0122. The van der Waals surface area contributed by atoms with Gasteiger partial charge in [-0.2, -0.15) is 0 Å². The summed E-state index contributed by atoms with van der Waals surface area (Å²) in [6, 6.07) is 11.1. The number of sulfonamides is 1. The van der Waals surface area contributed by atoms with Crippen LogP contribution in [0.5, 0.6) is 0 Å².